The van der Waals surface area contributed by atoms with E-state index in [0.29, 0.717) is 27.4 Å². The zero-order valence-electron chi connectivity index (χ0n) is 16.6. The van der Waals surface area contributed by atoms with Crippen molar-refractivity contribution in [1.29, 1.82) is 0 Å². The molecule has 0 saturated carbocycles. The Morgan fingerprint density at radius 1 is 1.00 bits per heavy atom. The second-order valence-corrected chi connectivity index (χ2v) is 8.29. The zero-order valence-corrected chi connectivity index (χ0v) is 18.1. The molecule has 0 unspecified atom stereocenters. The van der Waals surface area contributed by atoms with Crippen LogP contribution in [0.3, 0.4) is 0 Å². The summed E-state index contributed by atoms with van der Waals surface area (Å²) in [6.07, 6.45) is -1.14. The lowest BCUT2D eigenvalue weighted by Gasteiger charge is -2.37. The summed E-state index contributed by atoms with van der Waals surface area (Å²) in [5, 5.41) is 5.34. The Hall–Kier alpha value is -3.03. The molecule has 4 nitrogen and oxygen atoms in total. The molecule has 2 aromatic carbocycles. The molecule has 0 bridgehead atoms. The average Bonchev–Trinajstić information content (AvgIpc) is 3.09. The fraction of sp³-hybridized carbons (Fsp3) is 0.130. The van der Waals surface area contributed by atoms with Gasteiger partial charge in [0.1, 0.15) is 0 Å². The normalized spacial score (nSPS) is 17.9. The predicted octanol–water partition coefficient (Wildman–Crippen LogP) is 6.85. The lowest BCUT2D eigenvalue weighted by molar-refractivity contribution is -0.137. The Kier molecular flexibility index (Phi) is 4.91. The molecule has 0 radical (unpaired) electrons. The van der Waals surface area contributed by atoms with E-state index in [1.807, 2.05) is 42.2 Å². The van der Waals surface area contributed by atoms with Gasteiger partial charge >= 0.3 is 6.18 Å². The summed E-state index contributed by atoms with van der Waals surface area (Å²) in [5.41, 5.74) is 1.86. The molecular formula is C23H15Cl2F3N4. The number of rotatable bonds is 2. The highest BCUT2D eigenvalue weighted by Crippen LogP contribution is 2.45. The Balaban J connectivity index is 1.76. The zero-order chi connectivity index (χ0) is 22.6. The van der Waals surface area contributed by atoms with Crippen LogP contribution >= 0.6 is 23.2 Å². The number of alkyl halides is 3. The summed E-state index contributed by atoms with van der Waals surface area (Å²) in [7, 11) is 0. The van der Waals surface area contributed by atoms with Crippen molar-refractivity contribution >= 4 is 34.9 Å². The molecule has 0 spiro atoms. The second kappa shape index (κ2) is 7.53. The van der Waals surface area contributed by atoms with Crippen LogP contribution in [-0.4, -0.2) is 20.5 Å². The van der Waals surface area contributed by atoms with E-state index >= 15 is 0 Å². The molecule has 0 amide bonds. The number of halogens is 5. The van der Waals surface area contributed by atoms with Gasteiger partial charge in [-0.3, -0.25) is 0 Å². The van der Waals surface area contributed by atoms with Crippen molar-refractivity contribution in [3.8, 4) is 5.69 Å². The number of fused-ring (bicyclic) bond motifs is 2. The minimum atomic E-state index is -4.47. The van der Waals surface area contributed by atoms with E-state index in [1.165, 1.54) is 10.7 Å². The number of aliphatic imine (C=N–C) groups is 1. The van der Waals surface area contributed by atoms with Crippen LogP contribution in [0.2, 0.25) is 0 Å². The predicted molar refractivity (Wildman–Crippen MR) is 118 cm³/mol. The molecule has 5 rings (SSSR count). The van der Waals surface area contributed by atoms with Crippen molar-refractivity contribution in [3.63, 3.8) is 0 Å². The molecule has 0 saturated heterocycles. The van der Waals surface area contributed by atoms with Gasteiger partial charge in [-0.2, -0.15) is 18.3 Å². The Morgan fingerprint density at radius 3 is 2.47 bits per heavy atom. The largest absolute Gasteiger partial charge is 0.416 e. The Bertz CT molecular complexity index is 1310. The third kappa shape index (κ3) is 3.42. The van der Waals surface area contributed by atoms with Gasteiger partial charge in [-0.1, -0.05) is 59.6 Å². The van der Waals surface area contributed by atoms with Crippen LogP contribution in [0.15, 0.2) is 81.9 Å². The standard InChI is InChI=1S/C23H15Cl2F3N4/c1-13-19-20(14-6-3-2-4-7-14)31-12-16(24)11-18(25)21(31)29-22(19)32(30-13)17-9-5-8-15(10-17)23(26,27)28/h2-12,20H,1H3/t20-/m0/s1. The molecule has 9 heteroatoms. The number of hydrogen-bond donors (Lipinski definition) is 0. The van der Waals surface area contributed by atoms with Crippen LogP contribution < -0.4 is 0 Å². The first kappa shape index (κ1) is 20.8. The van der Waals surface area contributed by atoms with Crippen LogP contribution in [-0.2, 0) is 6.18 Å². The van der Waals surface area contributed by atoms with Crippen LogP contribution in [0.4, 0.5) is 19.0 Å². The highest BCUT2D eigenvalue weighted by molar-refractivity contribution is 6.45. The summed E-state index contributed by atoms with van der Waals surface area (Å²) >= 11 is 12.8. The number of aromatic nitrogens is 2. The maximum absolute atomic E-state index is 13.3. The van der Waals surface area contributed by atoms with E-state index in [2.05, 4.69) is 5.10 Å². The quantitative estimate of drug-likeness (QED) is 0.406. The maximum Gasteiger partial charge on any atom is 0.416 e. The molecule has 1 atom stereocenters. The molecule has 3 heterocycles. The topological polar surface area (TPSA) is 33.4 Å². The smallest absolute Gasteiger partial charge is 0.318 e. The number of benzene rings is 2. The summed E-state index contributed by atoms with van der Waals surface area (Å²) in [5.74, 6) is 0.880. The molecule has 2 aliphatic heterocycles. The highest BCUT2D eigenvalue weighted by atomic mass is 35.5. The number of aryl methyl sites for hydroxylation is 1. The van der Waals surface area contributed by atoms with Gasteiger partial charge in [-0.25, -0.2) is 9.67 Å². The summed E-state index contributed by atoms with van der Waals surface area (Å²) < 4.78 is 41.4. The van der Waals surface area contributed by atoms with E-state index in [-0.39, 0.29) is 11.7 Å². The van der Waals surface area contributed by atoms with Gasteiger partial charge in [0.2, 0.25) is 0 Å². The van der Waals surface area contributed by atoms with Crippen molar-refractivity contribution in [2.45, 2.75) is 19.1 Å². The molecule has 3 aromatic rings. The summed E-state index contributed by atoms with van der Waals surface area (Å²) in [6, 6.07) is 14.3. The lowest BCUT2D eigenvalue weighted by Crippen LogP contribution is -2.35. The minimum absolute atomic E-state index is 0.262. The maximum atomic E-state index is 13.3. The third-order valence-electron chi connectivity index (χ3n) is 5.36. The molecule has 162 valence electrons. The monoisotopic (exact) mass is 474 g/mol. The van der Waals surface area contributed by atoms with Crippen LogP contribution in [0.25, 0.3) is 5.69 Å². The van der Waals surface area contributed by atoms with Crippen molar-refractivity contribution in [3.05, 3.63) is 99.3 Å². The minimum Gasteiger partial charge on any atom is -0.318 e. The SMILES string of the molecule is Cc1nn(-c2cccc(C(F)(F)F)c2)c2c1[C@H](c1ccccc1)N1C=C(Cl)C=C(Cl)C1=N2. The molecule has 1 aromatic heterocycles. The number of amidine groups is 1. The van der Waals surface area contributed by atoms with Gasteiger partial charge in [0, 0.05) is 11.8 Å². The fourth-order valence-electron chi connectivity index (χ4n) is 4.00. The first-order valence-corrected chi connectivity index (χ1v) is 10.4. The van der Waals surface area contributed by atoms with Crippen molar-refractivity contribution in [1.82, 2.24) is 14.7 Å². The molecule has 0 N–H and O–H groups in total. The Labute approximate surface area is 191 Å². The van der Waals surface area contributed by atoms with Crippen LogP contribution in [0.1, 0.15) is 28.4 Å². The molecule has 0 aliphatic carbocycles. The number of hydrogen-bond acceptors (Lipinski definition) is 3. The van der Waals surface area contributed by atoms with Gasteiger partial charge in [-0.15, -0.1) is 0 Å². The van der Waals surface area contributed by atoms with E-state index in [1.54, 1.807) is 18.3 Å². The van der Waals surface area contributed by atoms with Gasteiger partial charge in [0.25, 0.3) is 0 Å². The van der Waals surface area contributed by atoms with Crippen molar-refractivity contribution in [2.24, 2.45) is 4.99 Å². The van der Waals surface area contributed by atoms with E-state index in [4.69, 9.17) is 28.2 Å². The first-order valence-electron chi connectivity index (χ1n) is 9.68. The summed E-state index contributed by atoms with van der Waals surface area (Å²) in [4.78, 5) is 6.57. The lowest BCUT2D eigenvalue weighted by atomic mass is 9.95. The Morgan fingerprint density at radius 2 is 1.75 bits per heavy atom. The van der Waals surface area contributed by atoms with Gasteiger partial charge in [-0.05, 0) is 36.8 Å². The number of nitrogens with zero attached hydrogens (tertiary/aromatic N) is 4. The molecule has 0 fully saturated rings. The fourth-order valence-corrected chi connectivity index (χ4v) is 4.53. The van der Waals surface area contributed by atoms with Crippen LogP contribution in [0, 0.1) is 6.92 Å². The number of allylic oxidation sites excluding steroid dienone is 2. The summed E-state index contributed by atoms with van der Waals surface area (Å²) in [6.45, 7) is 1.81. The molecule has 2 aliphatic rings. The van der Waals surface area contributed by atoms with E-state index in [0.717, 1.165) is 23.3 Å². The van der Waals surface area contributed by atoms with E-state index < -0.39 is 11.7 Å². The molecular weight excluding hydrogens is 460 g/mol. The van der Waals surface area contributed by atoms with Crippen LogP contribution in [0.5, 0.6) is 0 Å². The third-order valence-corrected chi connectivity index (χ3v) is 5.85. The first-order chi connectivity index (χ1) is 15.2. The highest BCUT2D eigenvalue weighted by Gasteiger charge is 2.38. The van der Waals surface area contributed by atoms with Gasteiger partial charge in [0.05, 0.1) is 33.1 Å². The van der Waals surface area contributed by atoms with Crippen molar-refractivity contribution in [2.75, 3.05) is 0 Å². The molecule has 32 heavy (non-hydrogen) atoms. The van der Waals surface area contributed by atoms with E-state index in [9.17, 15) is 13.2 Å². The average molecular weight is 475 g/mol. The van der Waals surface area contributed by atoms with Crippen molar-refractivity contribution < 1.29 is 13.2 Å². The van der Waals surface area contributed by atoms with Gasteiger partial charge in [0.15, 0.2) is 11.7 Å². The van der Waals surface area contributed by atoms with Gasteiger partial charge < -0.3 is 4.90 Å². The second-order valence-electron chi connectivity index (χ2n) is 7.44.